The van der Waals surface area contributed by atoms with E-state index in [1.807, 2.05) is 36.4 Å². The van der Waals surface area contributed by atoms with Gasteiger partial charge in [0.25, 0.3) is 0 Å². The monoisotopic (exact) mass is 446 g/mol. The number of hydrogen-bond acceptors (Lipinski definition) is 8. The van der Waals surface area contributed by atoms with Crippen LogP contribution in [0.15, 0.2) is 42.5 Å². The van der Waals surface area contributed by atoms with E-state index in [4.69, 9.17) is 18.9 Å². The molecule has 1 unspecified atom stereocenters. The highest BCUT2D eigenvalue weighted by atomic mass is 16.7. The first-order valence-corrected chi connectivity index (χ1v) is 10.8. The molecule has 2 aromatic carbocycles. The first kappa shape index (κ1) is 22.8. The Kier molecular flexibility index (Phi) is 6.88. The lowest BCUT2D eigenvalue weighted by Gasteiger charge is -2.41. The van der Waals surface area contributed by atoms with Gasteiger partial charge in [-0.2, -0.15) is 0 Å². The van der Waals surface area contributed by atoms with Crippen LogP contribution >= 0.6 is 0 Å². The lowest BCUT2D eigenvalue weighted by Crippen LogP contribution is -2.61. The third-order valence-corrected chi connectivity index (χ3v) is 5.74. The van der Waals surface area contributed by atoms with E-state index in [1.165, 1.54) is 14.0 Å². The molecule has 8 heteroatoms. The highest BCUT2D eigenvalue weighted by Crippen LogP contribution is 2.32. The van der Waals surface area contributed by atoms with Crippen LogP contribution in [-0.2, 0) is 11.2 Å². The average Bonchev–Trinajstić information content (AvgIpc) is 3.60. The topological polar surface area (TPSA) is 118 Å². The molecule has 0 spiro atoms. The number of benzene rings is 2. The summed E-state index contributed by atoms with van der Waals surface area (Å²) in [6.45, 7) is 1.43. The predicted molar refractivity (Wildman–Crippen MR) is 115 cm³/mol. The molecule has 0 radical (unpaired) electrons. The summed E-state index contributed by atoms with van der Waals surface area (Å²) in [6.07, 6.45) is -4.85. The summed E-state index contributed by atoms with van der Waals surface area (Å²) in [5.74, 6) is 1.80. The molecule has 2 aliphatic rings. The van der Waals surface area contributed by atoms with Gasteiger partial charge in [0.2, 0.25) is 6.29 Å². The molecule has 1 heterocycles. The Bertz CT molecular complexity index is 895. The fourth-order valence-electron chi connectivity index (χ4n) is 3.70. The first-order chi connectivity index (χ1) is 15.4. The lowest BCUT2D eigenvalue weighted by molar-refractivity contribution is -0.286. The van der Waals surface area contributed by atoms with Crippen molar-refractivity contribution in [2.75, 3.05) is 7.11 Å². The maximum atomic E-state index is 10.4. The summed E-state index contributed by atoms with van der Waals surface area (Å²) < 4.78 is 22.6. The lowest BCUT2D eigenvalue weighted by atomic mass is 9.96. The van der Waals surface area contributed by atoms with E-state index >= 15 is 0 Å². The zero-order chi connectivity index (χ0) is 22.8. The second-order valence-electron chi connectivity index (χ2n) is 8.41. The number of aliphatic hydroxyl groups is 4. The van der Waals surface area contributed by atoms with Crippen molar-refractivity contribution in [1.29, 1.82) is 0 Å². The van der Waals surface area contributed by atoms with Crippen molar-refractivity contribution in [1.82, 2.24) is 0 Å². The van der Waals surface area contributed by atoms with Crippen LogP contribution in [0.5, 0.6) is 17.2 Å². The SMILES string of the molecule is COc1ccc(Cc2ccc(OC3CC3)cc2)c(O[C@@H]2OC([C@@H](C)O)[C@@H](O)[C@H](O)[C@H]2O)c1. The van der Waals surface area contributed by atoms with Gasteiger partial charge in [0.15, 0.2) is 0 Å². The third-order valence-electron chi connectivity index (χ3n) is 5.74. The van der Waals surface area contributed by atoms with Crippen molar-refractivity contribution in [2.45, 2.75) is 69.1 Å². The fourth-order valence-corrected chi connectivity index (χ4v) is 3.70. The van der Waals surface area contributed by atoms with Crippen LogP contribution in [0.3, 0.4) is 0 Å². The van der Waals surface area contributed by atoms with Gasteiger partial charge in [-0.05, 0) is 49.1 Å². The molecule has 1 saturated carbocycles. The van der Waals surface area contributed by atoms with Gasteiger partial charge >= 0.3 is 0 Å². The van der Waals surface area contributed by atoms with Gasteiger partial charge in [-0.1, -0.05) is 18.2 Å². The van der Waals surface area contributed by atoms with Crippen molar-refractivity contribution in [3.8, 4) is 17.2 Å². The van der Waals surface area contributed by atoms with Crippen molar-refractivity contribution in [3.63, 3.8) is 0 Å². The van der Waals surface area contributed by atoms with Gasteiger partial charge in [-0.15, -0.1) is 0 Å². The Morgan fingerprint density at radius 2 is 1.62 bits per heavy atom. The minimum atomic E-state index is -1.53. The highest BCUT2D eigenvalue weighted by molar-refractivity contribution is 5.44. The molecular weight excluding hydrogens is 416 g/mol. The molecule has 1 aliphatic heterocycles. The van der Waals surface area contributed by atoms with Crippen LogP contribution in [-0.4, -0.2) is 70.4 Å². The molecule has 4 N–H and O–H groups in total. The van der Waals surface area contributed by atoms with Crippen LogP contribution in [0.4, 0.5) is 0 Å². The zero-order valence-corrected chi connectivity index (χ0v) is 18.1. The van der Waals surface area contributed by atoms with Gasteiger partial charge in [0.1, 0.15) is 41.7 Å². The smallest absolute Gasteiger partial charge is 0.229 e. The summed E-state index contributed by atoms with van der Waals surface area (Å²) in [6, 6.07) is 13.2. The molecule has 0 bridgehead atoms. The molecule has 32 heavy (non-hydrogen) atoms. The highest BCUT2D eigenvalue weighted by Gasteiger charge is 2.46. The van der Waals surface area contributed by atoms with E-state index in [2.05, 4.69) is 0 Å². The van der Waals surface area contributed by atoms with Crippen molar-refractivity contribution >= 4 is 0 Å². The Morgan fingerprint density at radius 1 is 0.938 bits per heavy atom. The Morgan fingerprint density at radius 3 is 2.25 bits per heavy atom. The van der Waals surface area contributed by atoms with Gasteiger partial charge < -0.3 is 39.4 Å². The molecule has 8 nitrogen and oxygen atoms in total. The van der Waals surface area contributed by atoms with Crippen molar-refractivity contribution < 1.29 is 39.4 Å². The molecule has 0 amide bonds. The summed E-state index contributed by atoms with van der Waals surface area (Å²) in [5.41, 5.74) is 1.84. The van der Waals surface area contributed by atoms with Crippen molar-refractivity contribution in [3.05, 3.63) is 53.6 Å². The number of rotatable bonds is 8. The number of methoxy groups -OCH3 is 1. The molecule has 2 fully saturated rings. The fraction of sp³-hybridized carbons (Fsp3) is 0.500. The number of aliphatic hydroxyl groups excluding tert-OH is 4. The molecule has 2 aromatic rings. The minimum Gasteiger partial charge on any atom is -0.497 e. The second-order valence-corrected chi connectivity index (χ2v) is 8.41. The van der Waals surface area contributed by atoms with Crippen LogP contribution in [0, 0.1) is 0 Å². The molecule has 4 rings (SSSR count). The van der Waals surface area contributed by atoms with E-state index in [9.17, 15) is 20.4 Å². The molecular formula is C24H30O8. The molecule has 1 aliphatic carbocycles. The average molecular weight is 446 g/mol. The van der Waals surface area contributed by atoms with Gasteiger partial charge in [-0.3, -0.25) is 0 Å². The summed E-state index contributed by atoms with van der Waals surface area (Å²) in [4.78, 5) is 0. The molecule has 6 atom stereocenters. The zero-order valence-electron chi connectivity index (χ0n) is 18.1. The summed E-state index contributed by atoms with van der Waals surface area (Å²) in [5, 5.41) is 40.6. The van der Waals surface area contributed by atoms with Gasteiger partial charge in [-0.25, -0.2) is 0 Å². The van der Waals surface area contributed by atoms with Gasteiger partial charge in [0, 0.05) is 12.5 Å². The van der Waals surface area contributed by atoms with E-state index in [-0.39, 0.29) is 0 Å². The third kappa shape index (κ3) is 5.16. The second kappa shape index (κ2) is 9.64. The molecule has 0 aromatic heterocycles. The Hall–Kier alpha value is -2.36. The molecule has 174 valence electrons. The quantitative estimate of drug-likeness (QED) is 0.481. The number of ether oxygens (including phenoxy) is 4. The maximum Gasteiger partial charge on any atom is 0.229 e. The van der Waals surface area contributed by atoms with Crippen LogP contribution < -0.4 is 14.2 Å². The standard InChI is InChI=1S/C24H30O8/c1-13(25)23-21(27)20(26)22(28)24(32-23)31-19-12-18(29-2)8-5-15(19)11-14-3-6-16(7-4-14)30-17-9-10-17/h3-8,12-13,17,20-28H,9-11H2,1-2H3/t13-,20+,21+,22-,23?,24-/m1/s1. The Labute approximate surface area is 186 Å². The normalized spacial score (nSPS) is 28.8. The maximum absolute atomic E-state index is 10.4. The van der Waals surface area contributed by atoms with E-state index in [1.54, 1.807) is 6.07 Å². The Balaban J connectivity index is 1.53. The van der Waals surface area contributed by atoms with Gasteiger partial charge in [0.05, 0.1) is 19.3 Å². The van der Waals surface area contributed by atoms with Crippen LogP contribution in [0.2, 0.25) is 0 Å². The van der Waals surface area contributed by atoms with Crippen LogP contribution in [0.1, 0.15) is 30.9 Å². The van der Waals surface area contributed by atoms with E-state index < -0.39 is 36.8 Å². The van der Waals surface area contributed by atoms with E-state index in [0.29, 0.717) is 24.0 Å². The summed E-state index contributed by atoms with van der Waals surface area (Å²) in [7, 11) is 1.53. The predicted octanol–water partition coefficient (Wildman–Crippen LogP) is 1.39. The van der Waals surface area contributed by atoms with Crippen molar-refractivity contribution in [2.24, 2.45) is 0 Å². The largest absolute Gasteiger partial charge is 0.497 e. The minimum absolute atomic E-state index is 0.337. The first-order valence-electron chi connectivity index (χ1n) is 10.8. The van der Waals surface area contributed by atoms with E-state index in [0.717, 1.165) is 29.7 Å². The molecule has 1 saturated heterocycles. The number of hydrogen-bond donors (Lipinski definition) is 4. The van der Waals surface area contributed by atoms with Crippen LogP contribution in [0.25, 0.3) is 0 Å². The summed E-state index contributed by atoms with van der Waals surface area (Å²) >= 11 is 0.